The van der Waals surface area contributed by atoms with Crippen LogP contribution in [0.15, 0.2) is 59.6 Å². The highest BCUT2D eigenvalue weighted by atomic mass is 31.2. The molecular formula is C15H15N2O3P. The summed E-state index contributed by atoms with van der Waals surface area (Å²) in [7, 11) is -0.177. The zero-order chi connectivity index (χ0) is 14.9. The Morgan fingerprint density at radius 3 is 2.05 bits per heavy atom. The fraction of sp³-hybridized carbons (Fsp3) is 0.133. The first-order valence-corrected chi connectivity index (χ1v) is 7.98. The average molecular weight is 302 g/mol. The molecule has 0 amide bonds. The van der Waals surface area contributed by atoms with Crippen LogP contribution in [0.25, 0.3) is 0 Å². The van der Waals surface area contributed by atoms with Gasteiger partial charge >= 0.3 is 7.75 Å². The quantitative estimate of drug-likeness (QED) is 0.483. The number of hydrogen-bond acceptors (Lipinski definition) is 4. The zero-order valence-electron chi connectivity index (χ0n) is 11.8. The van der Waals surface area contributed by atoms with E-state index < -0.39 is 7.75 Å². The summed E-state index contributed by atoms with van der Waals surface area (Å²) in [6, 6.07) is 16.6. The van der Waals surface area contributed by atoms with E-state index in [1.807, 2.05) is 42.5 Å². The number of para-hydroxylation sites is 2. The normalized spacial score (nSPS) is 15.8. The van der Waals surface area contributed by atoms with Crippen LogP contribution in [0.4, 0.5) is 0 Å². The van der Waals surface area contributed by atoms with Crippen molar-refractivity contribution < 1.29 is 13.6 Å². The van der Waals surface area contributed by atoms with Gasteiger partial charge in [0.05, 0.1) is 0 Å². The van der Waals surface area contributed by atoms with Crippen molar-refractivity contribution in [3.05, 3.63) is 60.2 Å². The van der Waals surface area contributed by atoms with Crippen molar-refractivity contribution in [2.45, 2.75) is 0 Å². The Hall–Kier alpha value is -2.26. The third-order valence-corrected chi connectivity index (χ3v) is 4.97. The van der Waals surface area contributed by atoms with Crippen LogP contribution >= 0.6 is 7.75 Å². The molecule has 2 aromatic carbocycles. The molecule has 0 bridgehead atoms. The van der Waals surface area contributed by atoms with Crippen molar-refractivity contribution in [1.82, 2.24) is 4.67 Å². The van der Waals surface area contributed by atoms with Crippen LogP contribution in [0.3, 0.4) is 0 Å². The van der Waals surface area contributed by atoms with E-state index in [0.717, 1.165) is 5.56 Å². The summed E-state index contributed by atoms with van der Waals surface area (Å²) in [5.41, 5.74) is 0.848. The standard InChI is InChI=1S/C15H15N2O3P/c1-16-15(12-8-4-3-5-9-12)17(2)21(18)19-13-10-6-7-11-14(13)20-21/h3-11H,1-2H3. The van der Waals surface area contributed by atoms with Crippen molar-refractivity contribution in [3.63, 3.8) is 0 Å². The first-order valence-electron chi connectivity index (χ1n) is 6.49. The van der Waals surface area contributed by atoms with Crippen molar-refractivity contribution in [3.8, 4) is 11.5 Å². The highest BCUT2D eigenvalue weighted by molar-refractivity contribution is 7.53. The highest BCUT2D eigenvalue weighted by Gasteiger charge is 2.43. The number of fused-ring (bicyclic) bond motifs is 1. The minimum absolute atomic E-state index is 0.483. The molecule has 21 heavy (non-hydrogen) atoms. The predicted octanol–water partition coefficient (Wildman–Crippen LogP) is 3.57. The lowest BCUT2D eigenvalue weighted by atomic mass is 10.2. The van der Waals surface area contributed by atoms with E-state index in [2.05, 4.69) is 4.99 Å². The van der Waals surface area contributed by atoms with Gasteiger partial charge in [-0.15, -0.1) is 0 Å². The Bertz CT molecular complexity index is 702. The van der Waals surface area contributed by atoms with E-state index in [1.165, 1.54) is 4.67 Å². The maximum atomic E-state index is 12.9. The second-order valence-corrected chi connectivity index (χ2v) is 6.44. The van der Waals surface area contributed by atoms with Crippen LogP contribution in [0.2, 0.25) is 0 Å². The van der Waals surface area contributed by atoms with E-state index in [0.29, 0.717) is 17.3 Å². The molecule has 1 heterocycles. The summed E-state index contributed by atoms with van der Waals surface area (Å²) in [6.07, 6.45) is 0. The number of amidine groups is 1. The van der Waals surface area contributed by atoms with Gasteiger partial charge in [-0.1, -0.05) is 42.5 Å². The van der Waals surface area contributed by atoms with E-state index in [9.17, 15) is 4.57 Å². The average Bonchev–Trinajstić information content (AvgIpc) is 2.86. The number of rotatable bonds is 2. The van der Waals surface area contributed by atoms with Crippen molar-refractivity contribution in [2.75, 3.05) is 14.1 Å². The maximum Gasteiger partial charge on any atom is 0.545 e. The highest BCUT2D eigenvalue weighted by Crippen LogP contribution is 2.60. The van der Waals surface area contributed by atoms with Crippen molar-refractivity contribution in [2.24, 2.45) is 4.99 Å². The lowest BCUT2D eigenvalue weighted by Crippen LogP contribution is -2.27. The number of aliphatic imine (C=N–C) groups is 1. The number of hydrogen-bond donors (Lipinski definition) is 0. The van der Waals surface area contributed by atoms with Gasteiger partial charge in [0.2, 0.25) is 0 Å². The maximum absolute atomic E-state index is 12.9. The van der Waals surface area contributed by atoms with Gasteiger partial charge in [0, 0.05) is 19.7 Å². The Morgan fingerprint density at radius 1 is 1.00 bits per heavy atom. The van der Waals surface area contributed by atoms with Crippen molar-refractivity contribution >= 4 is 13.6 Å². The Labute approximate surface area is 123 Å². The summed E-state index contributed by atoms with van der Waals surface area (Å²) in [5.74, 6) is 1.51. The summed E-state index contributed by atoms with van der Waals surface area (Å²) in [5, 5.41) is 0. The molecule has 5 nitrogen and oxygen atoms in total. The van der Waals surface area contributed by atoms with Crippen LogP contribution in [0.5, 0.6) is 11.5 Å². The molecule has 1 aliphatic heterocycles. The molecule has 1 aliphatic rings. The van der Waals surface area contributed by atoms with Gasteiger partial charge < -0.3 is 9.05 Å². The van der Waals surface area contributed by atoms with Gasteiger partial charge in [0.1, 0.15) is 5.84 Å². The van der Waals surface area contributed by atoms with Crippen LogP contribution in [0, 0.1) is 0 Å². The molecule has 3 rings (SSSR count). The molecule has 0 radical (unpaired) electrons. The van der Waals surface area contributed by atoms with Crippen LogP contribution in [0.1, 0.15) is 5.56 Å². The van der Waals surface area contributed by atoms with Crippen LogP contribution in [-0.4, -0.2) is 24.6 Å². The summed E-state index contributed by atoms with van der Waals surface area (Å²) in [4.78, 5) is 4.22. The molecule has 0 saturated heterocycles. The molecule has 0 saturated carbocycles. The lowest BCUT2D eigenvalue weighted by Gasteiger charge is -2.24. The summed E-state index contributed by atoms with van der Waals surface area (Å²) in [6.45, 7) is 0. The van der Waals surface area contributed by atoms with E-state index in [-0.39, 0.29) is 0 Å². The van der Waals surface area contributed by atoms with Crippen LogP contribution in [-0.2, 0) is 4.57 Å². The first kappa shape index (κ1) is 13.7. The zero-order valence-corrected chi connectivity index (χ0v) is 12.7. The largest absolute Gasteiger partial charge is 0.545 e. The minimum Gasteiger partial charge on any atom is -0.396 e. The second-order valence-electron chi connectivity index (χ2n) is 4.53. The molecule has 6 heteroatoms. The van der Waals surface area contributed by atoms with Crippen molar-refractivity contribution in [1.29, 1.82) is 0 Å². The topological polar surface area (TPSA) is 51.1 Å². The third kappa shape index (κ3) is 2.41. The summed E-state index contributed by atoms with van der Waals surface area (Å²) < 4.78 is 25.5. The Kier molecular flexibility index (Phi) is 3.43. The molecule has 0 aromatic heterocycles. The Morgan fingerprint density at radius 2 is 1.52 bits per heavy atom. The second kappa shape index (κ2) is 5.26. The first-order chi connectivity index (χ1) is 10.1. The van der Waals surface area contributed by atoms with Gasteiger partial charge in [-0.2, -0.15) is 0 Å². The van der Waals surface area contributed by atoms with Gasteiger partial charge in [0.15, 0.2) is 11.5 Å². The predicted molar refractivity (Wildman–Crippen MR) is 82.0 cm³/mol. The van der Waals surface area contributed by atoms with Gasteiger partial charge in [-0.05, 0) is 12.1 Å². The molecule has 0 unspecified atom stereocenters. The minimum atomic E-state index is -3.48. The third-order valence-electron chi connectivity index (χ3n) is 3.19. The van der Waals surface area contributed by atoms with Gasteiger partial charge in [-0.3, -0.25) is 4.99 Å². The molecule has 108 valence electrons. The molecule has 0 aliphatic carbocycles. The van der Waals surface area contributed by atoms with Crippen LogP contribution < -0.4 is 9.05 Å². The van der Waals surface area contributed by atoms with Gasteiger partial charge in [-0.25, -0.2) is 9.24 Å². The number of benzene rings is 2. The molecule has 0 atom stereocenters. The molecule has 2 aromatic rings. The van der Waals surface area contributed by atoms with Gasteiger partial charge in [0.25, 0.3) is 0 Å². The fourth-order valence-electron chi connectivity index (χ4n) is 2.15. The molecular weight excluding hydrogens is 287 g/mol. The lowest BCUT2D eigenvalue weighted by molar-refractivity contribution is 0.384. The smallest absolute Gasteiger partial charge is 0.396 e. The molecule has 0 spiro atoms. The summed E-state index contributed by atoms with van der Waals surface area (Å²) >= 11 is 0. The molecule has 0 N–H and O–H groups in total. The monoisotopic (exact) mass is 302 g/mol. The Balaban J connectivity index is 1.93. The van der Waals surface area contributed by atoms with E-state index in [4.69, 9.17) is 9.05 Å². The molecule has 0 fully saturated rings. The van der Waals surface area contributed by atoms with E-state index in [1.54, 1.807) is 26.2 Å². The van der Waals surface area contributed by atoms with E-state index >= 15 is 0 Å². The SMILES string of the molecule is CN=C(c1ccccc1)N(C)P1(=O)Oc2ccccc2O1. The number of nitrogens with zero attached hydrogens (tertiary/aromatic N) is 2. The fourth-order valence-corrected chi connectivity index (χ4v) is 3.67.